The number of fused-ring (bicyclic) bond motifs is 4. The van der Waals surface area contributed by atoms with E-state index in [0.717, 1.165) is 29.0 Å². The van der Waals surface area contributed by atoms with Gasteiger partial charge in [-0.25, -0.2) is 9.29 Å². The average molecular weight is 634 g/mol. The first-order chi connectivity index (χ1) is 21.0. The van der Waals surface area contributed by atoms with Gasteiger partial charge in [0.25, 0.3) is 11.8 Å². The number of carbonyl (C=O) groups excluding carboxylic acids is 4. The summed E-state index contributed by atoms with van der Waals surface area (Å²) in [6.45, 7) is 2.01. The number of benzene rings is 3. The summed E-state index contributed by atoms with van der Waals surface area (Å²) < 4.78 is 13.8. The number of nitrogens with zero attached hydrogens (tertiary/aromatic N) is 2. The molecule has 0 spiro atoms. The smallest absolute Gasteiger partial charge is 0.258 e. The van der Waals surface area contributed by atoms with Crippen LogP contribution in [0.1, 0.15) is 36.8 Å². The summed E-state index contributed by atoms with van der Waals surface area (Å²) in [5.41, 5.74) is 2.46. The SMILES string of the molecule is CCc1ccc(N2C(=O)[C@H]3[C@H](CC=C4[C@H]3C[C@@]3(Cl)C(=O)N(c5ccc(F)cc5)C(=O)[C@@]3(Cl)[C@H]4c3ccccc3O)C2=O)cc1. The molecule has 224 valence electrons. The zero-order chi connectivity index (χ0) is 31.1. The third-order valence-electron chi connectivity index (χ3n) is 9.75. The number of phenols is 1. The van der Waals surface area contributed by atoms with Gasteiger partial charge in [-0.3, -0.25) is 24.1 Å². The second-order valence-corrected chi connectivity index (χ2v) is 13.1. The number of hydrogen-bond acceptors (Lipinski definition) is 5. The van der Waals surface area contributed by atoms with Crippen LogP contribution in [-0.2, 0) is 25.6 Å². The van der Waals surface area contributed by atoms with Gasteiger partial charge in [0, 0.05) is 11.5 Å². The lowest BCUT2D eigenvalue weighted by Crippen LogP contribution is -2.60. The number of aromatic hydroxyl groups is 1. The predicted octanol–water partition coefficient (Wildman–Crippen LogP) is 5.86. The van der Waals surface area contributed by atoms with Crippen LogP contribution in [0.3, 0.4) is 0 Å². The van der Waals surface area contributed by atoms with Crippen LogP contribution >= 0.6 is 23.2 Å². The van der Waals surface area contributed by atoms with Crippen molar-refractivity contribution in [3.05, 3.63) is 101 Å². The predicted molar refractivity (Wildman–Crippen MR) is 163 cm³/mol. The second-order valence-electron chi connectivity index (χ2n) is 11.8. The van der Waals surface area contributed by atoms with E-state index in [-0.39, 0.29) is 35.7 Å². The number of alkyl halides is 2. The number of aryl methyl sites for hydroxylation is 1. The first-order valence-electron chi connectivity index (χ1n) is 14.5. The third kappa shape index (κ3) is 3.73. The maximum absolute atomic E-state index is 14.3. The van der Waals surface area contributed by atoms with E-state index in [0.29, 0.717) is 11.3 Å². The van der Waals surface area contributed by atoms with Gasteiger partial charge in [-0.2, -0.15) is 0 Å². The largest absolute Gasteiger partial charge is 0.508 e. The van der Waals surface area contributed by atoms with Crippen LogP contribution in [0.5, 0.6) is 5.75 Å². The van der Waals surface area contributed by atoms with E-state index in [1.807, 2.05) is 25.1 Å². The highest BCUT2D eigenvalue weighted by molar-refractivity contribution is 6.58. The summed E-state index contributed by atoms with van der Waals surface area (Å²) in [5.74, 6) is -6.49. The average Bonchev–Trinajstić information content (AvgIpc) is 3.36. The molecule has 10 heteroatoms. The molecule has 7 rings (SSSR count). The molecule has 2 saturated heterocycles. The number of phenolic OH excluding ortho intramolecular Hbond substituents is 1. The molecule has 2 aliphatic heterocycles. The molecule has 0 bridgehead atoms. The lowest BCUT2D eigenvalue weighted by molar-refractivity contribution is -0.125. The summed E-state index contributed by atoms with van der Waals surface area (Å²) in [6.07, 6.45) is 2.63. The van der Waals surface area contributed by atoms with Crippen LogP contribution in [-0.4, -0.2) is 38.5 Å². The highest BCUT2D eigenvalue weighted by atomic mass is 35.5. The van der Waals surface area contributed by atoms with Gasteiger partial charge in [-0.1, -0.05) is 48.9 Å². The Morgan fingerprint density at radius 3 is 2.14 bits per heavy atom. The Kier molecular flexibility index (Phi) is 6.54. The Hall–Kier alpha value is -4.01. The van der Waals surface area contributed by atoms with Crippen LogP contribution < -0.4 is 9.80 Å². The summed E-state index contributed by atoms with van der Waals surface area (Å²) in [6, 6.07) is 18.4. The number of para-hydroxylation sites is 1. The van der Waals surface area contributed by atoms with E-state index < -0.39 is 57.0 Å². The molecular formula is C34H27Cl2FN2O5. The molecule has 3 aromatic carbocycles. The van der Waals surface area contributed by atoms with E-state index in [4.69, 9.17) is 23.2 Å². The highest BCUT2D eigenvalue weighted by Crippen LogP contribution is 2.66. The van der Waals surface area contributed by atoms with Crippen LogP contribution in [0.4, 0.5) is 15.8 Å². The molecule has 0 radical (unpaired) electrons. The van der Waals surface area contributed by atoms with Crippen molar-refractivity contribution < 1.29 is 28.7 Å². The molecule has 3 fully saturated rings. The second kappa shape index (κ2) is 10.0. The minimum atomic E-state index is -2.10. The molecule has 4 amide bonds. The van der Waals surface area contributed by atoms with Crippen molar-refractivity contribution in [1.29, 1.82) is 0 Å². The molecule has 0 unspecified atom stereocenters. The van der Waals surface area contributed by atoms with Crippen LogP contribution in [0.25, 0.3) is 0 Å². The molecule has 6 atom stereocenters. The quantitative estimate of drug-likeness (QED) is 0.221. The number of anilines is 2. The van der Waals surface area contributed by atoms with E-state index in [9.17, 15) is 28.7 Å². The van der Waals surface area contributed by atoms with Gasteiger partial charge in [-0.05, 0) is 73.2 Å². The summed E-state index contributed by atoms with van der Waals surface area (Å²) >= 11 is 14.6. The number of hydrogen-bond donors (Lipinski definition) is 1. The third-order valence-corrected chi connectivity index (χ3v) is 11.2. The van der Waals surface area contributed by atoms with Crippen molar-refractivity contribution >= 4 is 58.2 Å². The Bertz CT molecular complexity index is 1780. The van der Waals surface area contributed by atoms with E-state index in [1.165, 1.54) is 23.1 Å². The van der Waals surface area contributed by atoms with Gasteiger partial charge >= 0.3 is 0 Å². The highest BCUT2D eigenvalue weighted by Gasteiger charge is 2.76. The first kappa shape index (κ1) is 28.7. The molecule has 7 nitrogen and oxygen atoms in total. The van der Waals surface area contributed by atoms with E-state index in [2.05, 4.69) is 0 Å². The van der Waals surface area contributed by atoms with Gasteiger partial charge in [0.1, 0.15) is 11.6 Å². The van der Waals surface area contributed by atoms with Crippen molar-refractivity contribution in [3.8, 4) is 5.75 Å². The number of allylic oxidation sites excluding steroid dienone is 2. The summed E-state index contributed by atoms with van der Waals surface area (Å²) in [4.78, 5) is 54.4. The Balaban J connectivity index is 1.38. The summed E-state index contributed by atoms with van der Waals surface area (Å²) in [5, 5.41) is 11.0. The maximum atomic E-state index is 14.3. The minimum absolute atomic E-state index is 0.0931. The number of amides is 4. The molecule has 4 aliphatic rings. The Morgan fingerprint density at radius 2 is 1.48 bits per heavy atom. The molecule has 44 heavy (non-hydrogen) atoms. The topological polar surface area (TPSA) is 95.0 Å². The minimum Gasteiger partial charge on any atom is -0.508 e. The first-order valence-corrected chi connectivity index (χ1v) is 15.3. The van der Waals surface area contributed by atoms with Crippen molar-refractivity contribution in [2.45, 2.75) is 41.9 Å². The number of halogens is 3. The lowest BCUT2D eigenvalue weighted by atomic mass is 9.56. The van der Waals surface area contributed by atoms with Crippen molar-refractivity contribution in [1.82, 2.24) is 0 Å². The zero-order valence-electron chi connectivity index (χ0n) is 23.5. The van der Waals surface area contributed by atoms with Crippen molar-refractivity contribution in [2.75, 3.05) is 9.80 Å². The number of carbonyl (C=O) groups is 4. The standard InChI is InChI=1S/C34H27Cl2FN2O5/c1-2-18-7-11-20(12-8-18)38-29(41)24-16-15-22-25(27(24)30(38)42)17-33(35)31(43)39(21-13-9-19(37)10-14-21)32(44)34(33,36)28(22)23-5-3-4-6-26(23)40/h3-15,24-25,27-28,40H,2,16-17H2,1H3/t24-,25+,27-,28+,33+,34-/m0/s1. The normalized spacial score (nSPS) is 31.1. The molecule has 1 saturated carbocycles. The van der Waals surface area contributed by atoms with Gasteiger partial charge in [0.2, 0.25) is 11.8 Å². The zero-order valence-corrected chi connectivity index (χ0v) is 25.1. The number of imide groups is 2. The maximum Gasteiger partial charge on any atom is 0.258 e. The van der Waals surface area contributed by atoms with Crippen LogP contribution in [0.2, 0.25) is 0 Å². The molecule has 0 aromatic heterocycles. The fraction of sp³-hybridized carbons (Fsp3) is 0.294. The van der Waals surface area contributed by atoms with Crippen LogP contribution in [0.15, 0.2) is 84.4 Å². The fourth-order valence-electron chi connectivity index (χ4n) is 7.61. The van der Waals surface area contributed by atoms with Gasteiger partial charge in [-0.15, -0.1) is 23.2 Å². The van der Waals surface area contributed by atoms with Gasteiger partial charge < -0.3 is 5.11 Å². The van der Waals surface area contributed by atoms with Crippen LogP contribution in [0, 0.1) is 23.6 Å². The number of rotatable bonds is 4. The molecule has 1 N–H and O–H groups in total. The molecule has 2 aliphatic carbocycles. The monoisotopic (exact) mass is 632 g/mol. The van der Waals surface area contributed by atoms with Gasteiger partial charge in [0.05, 0.1) is 23.2 Å². The van der Waals surface area contributed by atoms with Gasteiger partial charge in [0.15, 0.2) is 9.75 Å². The van der Waals surface area contributed by atoms with Crippen molar-refractivity contribution in [3.63, 3.8) is 0 Å². The van der Waals surface area contributed by atoms with E-state index in [1.54, 1.807) is 30.3 Å². The lowest BCUT2D eigenvalue weighted by Gasteiger charge is -2.50. The molecule has 2 heterocycles. The molecular weight excluding hydrogens is 606 g/mol. The van der Waals surface area contributed by atoms with E-state index >= 15 is 0 Å². The van der Waals surface area contributed by atoms with Crippen molar-refractivity contribution in [2.24, 2.45) is 17.8 Å². The fourth-order valence-corrected chi connectivity index (χ4v) is 8.54. The Labute approximate surface area is 262 Å². The molecule has 3 aromatic rings. The Morgan fingerprint density at radius 1 is 0.841 bits per heavy atom. The summed E-state index contributed by atoms with van der Waals surface area (Å²) in [7, 11) is 0.